The summed E-state index contributed by atoms with van der Waals surface area (Å²) in [4.78, 5) is 26.2. The molecule has 0 spiro atoms. The Kier molecular flexibility index (Phi) is 9.76. The van der Waals surface area contributed by atoms with Gasteiger partial charge in [0.05, 0.1) is 12.2 Å². The molecule has 2 rings (SSSR count). The molecule has 0 radical (unpaired) electrons. The number of nitrogens with zero attached hydrogens (tertiary/aromatic N) is 1. The van der Waals surface area contributed by atoms with Gasteiger partial charge in [-0.2, -0.15) is 0 Å². The van der Waals surface area contributed by atoms with Crippen LogP contribution in [0.1, 0.15) is 54.9 Å². The van der Waals surface area contributed by atoms with E-state index in [0.29, 0.717) is 37.4 Å². The summed E-state index contributed by atoms with van der Waals surface area (Å²) in [6, 6.07) is 17.3. The van der Waals surface area contributed by atoms with Gasteiger partial charge in [0.1, 0.15) is 5.75 Å². The fourth-order valence-electron chi connectivity index (χ4n) is 3.12. The van der Waals surface area contributed by atoms with Crippen molar-refractivity contribution in [1.82, 2.24) is 4.90 Å². The van der Waals surface area contributed by atoms with Crippen molar-refractivity contribution >= 4 is 11.8 Å². The summed E-state index contributed by atoms with van der Waals surface area (Å²) in [5.74, 6) is 0.0482. The Balaban J connectivity index is 2.07. The zero-order valence-electron chi connectivity index (χ0n) is 17.3. The second-order valence-electron chi connectivity index (χ2n) is 7.15. The van der Waals surface area contributed by atoms with Gasteiger partial charge in [-0.1, -0.05) is 68.7 Å². The van der Waals surface area contributed by atoms with E-state index in [1.807, 2.05) is 48.5 Å². The molecule has 0 saturated carbocycles. The lowest BCUT2D eigenvalue weighted by Crippen LogP contribution is -2.36. The van der Waals surface area contributed by atoms with Crippen LogP contribution in [0.15, 0.2) is 54.6 Å². The number of para-hydroxylation sites is 1. The first-order valence-corrected chi connectivity index (χ1v) is 10.4. The number of unbranched alkanes of at least 4 members (excludes halogenated alkanes) is 3. The van der Waals surface area contributed by atoms with Crippen LogP contribution in [0.25, 0.3) is 0 Å². The maximum absolute atomic E-state index is 13.2. The molecule has 0 aliphatic carbocycles. The monoisotopic (exact) mass is 396 g/mol. The van der Waals surface area contributed by atoms with Crippen LogP contribution < -0.4 is 10.5 Å². The number of amides is 2. The van der Waals surface area contributed by atoms with E-state index in [4.69, 9.17) is 10.5 Å². The summed E-state index contributed by atoms with van der Waals surface area (Å²) in [5.41, 5.74) is 6.99. The first kappa shape index (κ1) is 22.5. The highest BCUT2D eigenvalue weighted by Gasteiger charge is 2.20. The summed E-state index contributed by atoms with van der Waals surface area (Å²) in [6.07, 6.45) is 5.30. The Morgan fingerprint density at radius 2 is 1.66 bits per heavy atom. The molecular formula is C24H32N2O3. The van der Waals surface area contributed by atoms with Gasteiger partial charge in [0, 0.05) is 19.5 Å². The maximum Gasteiger partial charge on any atom is 0.257 e. The van der Waals surface area contributed by atoms with Gasteiger partial charge in [0.2, 0.25) is 5.91 Å². The SMILES string of the molecule is CCCCCCOc1ccccc1C(=O)N(CCC(N)=O)CCc1ccccc1. The van der Waals surface area contributed by atoms with Crippen LogP contribution in [0, 0.1) is 0 Å². The number of ether oxygens (including phenoxy) is 1. The van der Waals surface area contributed by atoms with Crippen molar-refractivity contribution < 1.29 is 14.3 Å². The molecule has 0 atom stereocenters. The fourth-order valence-corrected chi connectivity index (χ4v) is 3.12. The highest BCUT2D eigenvalue weighted by Crippen LogP contribution is 2.21. The third-order valence-electron chi connectivity index (χ3n) is 4.80. The highest BCUT2D eigenvalue weighted by molar-refractivity contribution is 5.97. The van der Waals surface area contributed by atoms with Crippen LogP contribution in [-0.2, 0) is 11.2 Å². The highest BCUT2D eigenvalue weighted by atomic mass is 16.5. The molecule has 2 aromatic rings. The van der Waals surface area contributed by atoms with Crippen molar-refractivity contribution in [3.8, 4) is 5.75 Å². The lowest BCUT2D eigenvalue weighted by Gasteiger charge is -2.23. The smallest absolute Gasteiger partial charge is 0.257 e. The van der Waals surface area contributed by atoms with E-state index in [2.05, 4.69) is 6.92 Å². The standard InChI is InChI=1S/C24H32N2O3/c1-2-3-4-10-19-29-22-14-9-8-13-21(22)24(28)26(18-16-23(25)27)17-15-20-11-6-5-7-12-20/h5-9,11-14H,2-4,10,15-19H2,1H3,(H2,25,27). The quantitative estimate of drug-likeness (QED) is 0.516. The van der Waals surface area contributed by atoms with Gasteiger partial charge in [0.25, 0.3) is 5.91 Å². The zero-order chi connectivity index (χ0) is 20.9. The fraction of sp³-hybridized carbons (Fsp3) is 0.417. The summed E-state index contributed by atoms with van der Waals surface area (Å²) in [7, 11) is 0. The molecule has 0 aromatic heterocycles. The van der Waals surface area contributed by atoms with Crippen molar-refractivity contribution in [3.05, 3.63) is 65.7 Å². The average molecular weight is 397 g/mol. The Morgan fingerprint density at radius 3 is 2.38 bits per heavy atom. The molecule has 29 heavy (non-hydrogen) atoms. The number of benzene rings is 2. The van der Waals surface area contributed by atoms with Crippen molar-refractivity contribution in [1.29, 1.82) is 0 Å². The molecule has 0 heterocycles. The number of carbonyl (C=O) groups excluding carboxylic acids is 2. The van der Waals surface area contributed by atoms with E-state index in [1.54, 1.807) is 11.0 Å². The summed E-state index contributed by atoms with van der Waals surface area (Å²) in [5, 5.41) is 0. The lowest BCUT2D eigenvalue weighted by molar-refractivity contribution is -0.118. The number of hydrogen-bond acceptors (Lipinski definition) is 3. The summed E-state index contributed by atoms with van der Waals surface area (Å²) in [6.45, 7) is 3.58. The molecule has 5 heteroatoms. The van der Waals surface area contributed by atoms with Gasteiger partial charge in [0.15, 0.2) is 0 Å². The van der Waals surface area contributed by atoms with Crippen LogP contribution in [0.2, 0.25) is 0 Å². The van der Waals surface area contributed by atoms with Crippen molar-refractivity contribution in [3.63, 3.8) is 0 Å². The van der Waals surface area contributed by atoms with Crippen LogP contribution in [0.5, 0.6) is 5.75 Å². The number of rotatable bonds is 13. The van der Waals surface area contributed by atoms with Gasteiger partial charge in [-0.05, 0) is 30.5 Å². The van der Waals surface area contributed by atoms with Crippen molar-refractivity contribution in [2.75, 3.05) is 19.7 Å². The number of carbonyl (C=O) groups is 2. The van der Waals surface area contributed by atoms with Crippen LogP contribution in [-0.4, -0.2) is 36.4 Å². The first-order valence-electron chi connectivity index (χ1n) is 10.4. The van der Waals surface area contributed by atoms with E-state index in [0.717, 1.165) is 18.4 Å². The molecule has 2 aromatic carbocycles. The third kappa shape index (κ3) is 7.98. The summed E-state index contributed by atoms with van der Waals surface area (Å²) >= 11 is 0. The van der Waals surface area contributed by atoms with Crippen LogP contribution in [0.3, 0.4) is 0 Å². The first-order chi connectivity index (χ1) is 14.1. The minimum Gasteiger partial charge on any atom is -0.493 e. The van der Waals surface area contributed by atoms with E-state index in [1.165, 1.54) is 12.8 Å². The van der Waals surface area contributed by atoms with Crippen LogP contribution in [0.4, 0.5) is 0 Å². The molecule has 2 amide bonds. The average Bonchev–Trinajstić information content (AvgIpc) is 2.74. The molecule has 5 nitrogen and oxygen atoms in total. The molecule has 0 unspecified atom stereocenters. The molecule has 156 valence electrons. The molecule has 0 saturated heterocycles. The number of primary amides is 1. The number of hydrogen-bond donors (Lipinski definition) is 1. The van der Waals surface area contributed by atoms with Gasteiger partial charge >= 0.3 is 0 Å². The minimum absolute atomic E-state index is 0.133. The normalized spacial score (nSPS) is 10.5. The van der Waals surface area contributed by atoms with E-state index in [9.17, 15) is 9.59 Å². The Morgan fingerprint density at radius 1 is 0.931 bits per heavy atom. The van der Waals surface area contributed by atoms with Crippen molar-refractivity contribution in [2.24, 2.45) is 5.73 Å². The lowest BCUT2D eigenvalue weighted by atomic mass is 10.1. The Bertz CT molecular complexity index is 762. The van der Waals surface area contributed by atoms with Crippen molar-refractivity contribution in [2.45, 2.75) is 45.4 Å². The Labute approximate surface area is 173 Å². The van der Waals surface area contributed by atoms with Gasteiger partial charge < -0.3 is 15.4 Å². The molecule has 0 aliphatic heterocycles. The molecule has 0 bridgehead atoms. The molecule has 0 aliphatic rings. The second kappa shape index (κ2) is 12.6. The minimum atomic E-state index is -0.414. The van der Waals surface area contributed by atoms with E-state index < -0.39 is 5.91 Å². The molecular weight excluding hydrogens is 364 g/mol. The van der Waals surface area contributed by atoms with Crippen LogP contribution >= 0.6 is 0 Å². The maximum atomic E-state index is 13.2. The molecule has 0 fully saturated rings. The van der Waals surface area contributed by atoms with Gasteiger partial charge in [-0.15, -0.1) is 0 Å². The second-order valence-corrected chi connectivity index (χ2v) is 7.15. The summed E-state index contributed by atoms with van der Waals surface area (Å²) < 4.78 is 5.90. The largest absolute Gasteiger partial charge is 0.493 e. The van der Waals surface area contributed by atoms with E-state index in [-0.39, 0.29) is 12.3 Å². The topological polar surface area (TPSA) is 72.6 Å². The zero-order valence-corrected chi connectivity index (χ0v) is 17.3. The number of nitrogens with two attached hydrogens (primary N) is 1. The van der Waals surface area contributed by atoms with E-state index >= 15 is 0 Å². The predicted octanol–water partition coefficient (Wildman–Crippen LogP) is 4.21. The third-order valence-corrected chi connectivity index (χ3v) is 4.80. The Hall–Kier alpha value is -2.82. The van der Waals surface area contributed by atoms with Gasteiger partial charge in [-0.25, -0.2) is 0 Å². The van der Waals surface area contributed by atoms with Gasteiger partial charge in [-0.3, -0.25) is 9.59 Å². The predicted molar refractivity (Wildman–Crippen MR) is 116 cm³/mol. The molecule has 2 N–H and O–H groups in total.